The number of esters is 2. The Morgan fingerprint density at radius 2 is 0.697 bits per heavy atom. The summed E-state index contributed by atoms with van der Waals surface area (Å²) in [5, 5.41) is 0. The molecule has 0 atom stereocenters. The van der Waals surface area contributed by atoms with E-state index in [2.05, 4.69) is 14.2 Å². The molecule has 0 rings (SSSR count). The summed E-state index contributed by atoms with van der Waals surface area (Å²) in [5.74, 6) is -6.59. The van der Waals surface area contributed by atoms with Gasteiger partial charge >= 0.3 is 48.0 Å². The van der Waals surface area contributed by atoms with Crippen molar-refractivity contribution in [1.82, 2.24) is 0 Å². The van der Waals surface area contributed by atoms with Gasteiger partial charge < -0.3 is 14.2 Å². The minimum Gasteiger partial charge on any atom is -0.463 e. The van der Waals surface area contributed by atoms with Crippen molar-refractivity contribution in [2.45, 2.75) is 48.9 Å². The number of carbonyl (C=O) groups excluding carboxylic acids is 2. The Labute approximate surface area is 173 Å². The summed E-state index contributed by atoms with van der Waals surface area (Å²) in [7, 11) is 0. The van der Waals surface area contributed by atoms with Crippen LogP contribution in [0.1, 0.15) is 12.8 Å². The summed E-state index contributed by atoms with van der Waals surface area (Å²) in [4.78, 5) is 21.8. The fourth-order valence-corrected chi connectivity index (χ4v) is 1.74. The van der Waals surface area contributed by atoms with E-state index < -0.39 is 87.3 Å². The van der Waals surface area contributed by atoms with E-state index in [1.165, 1.54) is 0 Å². The lowest BCUT2D eigenvalue weighted by atomic mass is 10.1. The van der Waals surface area contributed by atoms with Crippen molar-refractivity contribution in [3.8, 4) is 0 Å². The molecule has 0 aliphatic heterocycles. The topological polar surface area (TPSA) is 61.8 Å². The molecule has 0 amide bonds. The summed E-state index contributed by atoms with van der Waals surface area (Å²) in [5.41, 5.74) is -12.6. The first kappa shape index (κ1) is 30.9. The van der Waals surface area contributed by atoms with Crippen molar-refractivity contribution in [3.63, 3.8) is 0 Å². The molecule has 0 radical (unpaired) electrons. The van der Waals surface area contributed by atoms with E-state index in [9.17, 15) is 71.1 Å². The van der Waals surface area contributed by atoms with E-state index in [0.29, 0.717) is 0 Å². The van der Waals surface area contributed by atoms with Crippen LogP contribution in [0.2, 0.25) is 0 Å². The second-order valence-corrected chi connectivity index (χ2v) is 5.90. The van der Waals surface area contributed by atoms with E-state index >= 15 is 0 Å². The summed E-state index contributed by atoms with van der Waals surface area (Å²) in [6, 6.07) is 0. The van der Waals surface area contributed by atoms with Gasteiger partial charge in [0, 0.05) is 26.1 Å². The van der Waals surface area contributed by atoms with E-state index in [0.717, 1.165) is 0 Å². The first-order valence-corrected chi connectivity index (χ1v) is 8.12. The lowest BCUT2D eigenvalue weighted by Crippen LogP contribution is -2.59. The zero-order chi connectivity index (χ0) is 26.5. The number of ether oxygens (including phenoxy) is 3. The second kappa shape index (κ2) is 10.5. The van der Waals surface area contributed by atoms with Crippen LogP contribution >= 0.6 is 0 Å². The highest BCUT2D eigenvalue weighted by atomic mass is 19.4. The molecular formula is C14H12F14O5. The fourth-order valence-electron chi connectivity index (χ4n) is 1.74. The maximum Gasteiger partial charge on any atom is 0.442 e. The summed E-state index contributed by atoms with van der Waals surface area (Å²) >= 11 is 0. The Kier molecular flexibility index (Phi) is 9.80. The Balaban J connectivity index is 4.40. The van der Waals surface area contributed by atoms with Gasteiger partial charge in [0.1, 0.15) is 0 Å². The average Bonchev–Trinajstić information content (AvgIpc) is 2.60. The largest absolute Gasteiger partial charge is 0.463 e. The maximum atomic E-state index is 13.2. The molecule has 33 heavy (non-hydrogen) atoms. The molecule has 5 nitrogen and oxygen atoms in total. The molecule has 0 aliphatic rings. The first-order chi connectivity index (χ1) is 14.5. The molecule has 0 saturated carbocycles. The second-order valence-electron chi connectivity index (χ2n) is 5.90. The first-order valence-electron chi connectivity index (χ1n) is 8.12. The van der Waals surface area contributed by atoms with Gasteiger partial charge in [0.05, 0.1) is 13.2 Å². The summed E-state index contributed by atoms with van der Waals surface area (Å²) in [6.45, 7) is -3.63. The van der Waals surface area contributed by atoms with Crippen molar-refractivity contribution in [3.05, 3.63) is 0 Å². The van der Waals surface area contributed by atoms with Gasteiger partial charge in [0.15, 0.2) is 0 Å². The summed E-state index contributed by atoms with van der Waals surface area (Å²) < 4.78 is 185. The van der Waals surface area contributed by atoms with Crippen LogP contribution < -0.4 is 0 Å². The predicted molar refractivity (Wildman–Crippen MR) is 73.9 cm³/mol. The van der Waals surface area contributed by atoms with Gasteiger partial charge in [-0.15, -0.1) is 0 Å². The van der Waals surface area contributed by atoms with Crippen LogP contribution in [-0.4, -0.2) is 74.4 Å². The van der Waals surface area contributed by atoms with Gasteiger partial charge in [0.2, 0.25) is 0 Å². The maximum absolute atomic E-state index is 13.2. The molecule has 19 heteroatoms. The molecule has 0 spiro atoms. The third-order valence-electron chi connectivity index (χ3n) is 3.46. The molecule has 0 heterocycles. The molecule has 0 bridgehead atoms. The molecule has 0 saturated heterocycles. The molecule has 0 aromatic carbocycles. The smallest absolute Gasteiger partial charge is 0.442 e. The highest BCUT2D eigenvalue weighted by Gasteiger charge is 2.79. The van der Waals surface area contributed by atoms with Crippen LogP contribution in [0.5, 0.6) is 0 Å². The minimum atomic E-state index is -6.67. The van der Waals surface area contributed by atoms with E-state index in [1.807, 2.05) is 0 Å². The van der Waals surface area contributed by atoms with Crippen LogP contribution in [0.3, 0.4) is 0 Å². The molecular weight excluding hydrogens is 514 g/mol. The van der Waals surface area contributed by atoms with Crippen LogP contribution in [-0.2, 0) is 23.8 Å². The Bertz CT molecular complexity index is 579. The van der Waals surface area contributed by atoms with Crippen molar-refractivity contribution < 1.29 is 85.3 Å². The molecule has 0 fully saturated rings. The van der Waals surface area contributed by atoms with Crippen molar-refractivity contribution in [2.24, 2.45) is 0 Å². The quantitative estimate of drug-likeness (QED) is 0.238. The summed E-state index contributed by atoms with van der Waals surface area (Å²) in [6.07, 6.45) is -27.9. The molecule has 0 N–H and O–H groups in total. The molecule has 0 aromatic heterocycles. The Morgan fingerprint density at radius 1 is 0.455 bits per heavy atom. The van der Waals surface area contributed by atoms with Gasteiger partial charge in [-0.1, -0.05) is 0 Å². The van der Waals surface area contributed by atoms with Crippen molar-refractivity contribution in [1.29, 1.82) is 0 Å². The van der Waals surface area contributed by atoms with Crippen LogP contribution in [0.15, 0.2) is 0 Å². The fraction of sp³-hybridized carbons (Fsp3) is 0.857. The lowest BCUT2D eigenvalue weighted by Gasteiger charge is -2.27. The highest BCUT2D eigenvalue weighted by molar-refractivity contribution is 5.82. The zero-order valence-corrected chi connectivity index (χ0v) is 15.6. The lowest BCUT2D eigenvalue weighted by molar-refractivity contribution is -0.334. The Hall–Kier alpha value is -2.08. The van der Waals surface area contributed by atoms with E-state index in [1.54, 1.807) is 0 Å². The van der Waals surface area contributed by atoms with Crippen LogP contribution in [0.4, 0.5) is 61.5 Å². The molecule has 0 unspecified atom stereocenters. The van der Waals surface area contributed by atoms with Gasteiger partial charge in [-0.05, 0) is 0 Å². The van der Waals surface area contributed by atoms with E-state index in [-0.39, 0.29) is 0 Å². The van der Waals surface area contributed by atoms with Crippen LogP contribution in [0.25, 0.3) is 0 Å². The number of alkyl halides is 14. The number of rotatable bonds is 10. The normalized spacial score (nSPS) is 14.2. The number of hydrogen-bond acceptors (Lipinski definition) is 5. The number of hydrogen-bond donors (Lipinski definition) is 0. The molecule has 0 aliphatic carbocycles. The SMILES string of the molecule is O=C(OCCCOCCCOC(=O)C(F)(C(F)(F)F)C(F)(F)F)C(F)(C(F)(F)F)C(F)(F)F. The van der Waals surface area contributed by atoms with Gasteiger partial charge in [-0.25, -0.2) is 18.4 Å². The number of halogens is 14. The van der Waals surface area contributed by atoms with Crippen molar-refractivity contribution in [2.75, 3.05) is 26.4 Å². The van der Waals surface area contributed by atoms with Crippen molar-refractivity contribution >= 4 is 11.9 Å². The van der Waals surface area contributed by atoms with Gasteiger partial charge in [-0.2, -0.15) is 52.7 Å². The van der Waals surface area contributed by atoms with Gasteiger partial charge in [0.25, 0.3) is 0 Å². The zero-order valence-electron chi connectivity index (χ0n) is 15.6. The van der Waals surface area contributed by atoms with Gasteiger partial charge in [-0.3, -0.25) is 0 Å². The minimum absolute atomic E-state index is 0.614. The highest BCUT2D eigenvalue weighted by Crippen LogP contribution is 2.48. The third-order valence-corrected chi connectivity index (χ3v) is 3.46. The average molecular weight is 526 g/mol. The monoisotopic (exact) mass is 526 g/mol. The molecule has 196 valence electrons. The predicted octanol–water partition coefficient (Wildman–Crippen LogP) is 4.54. The standard InChI is InChI=1S/C14H12F14O5/c15-9(11(17,18)19,12(20,21)22)7(29)32-5-1-3-31-4-2-6-33-8(30)10(16,13(23,24)25)14(26,27)28/h1-6H2. The van der Waals surface area contributed by atoms with E-state index in [4.69, 9.17) is 0 Å². The third kappa shape index (κ3) is 6.95. The molecule has 0 aromatic rings. The Morgan fingerprint density at radius 3 is 0.909 bits per heavy atom. The van der Waals surface area contributed by atoms with Crippen LogP contribution in [0, 0.1) is 0 Å². The number of carbonyl (C=O) groups is 2.